The molecule has 1 saturated heterocycles. The number of carbonyl (C=O) groups is 1. The van der Waals surface area contributed by atoms with Crippen LogP contribution in [0.5, 0.6) is 11.5 Å². The van der Waals surface area contributed by atoms with E-state index in [4.69, 9.17) is 4.74 Å². The molecule has 2 saturated carbocycles. The van der Waals surface area contributed by atoms with Crippen molar-refractivity contribution in [2.24, 2.45) is 17.8 Å². The van der Waals surface area contributed by atoms with Crippen LogP contribution in [0.2, 0.25) is 0 Å². The standard InChI is InChI=1S/C34H39F3N2O3/c1-20(2)18-39(19-22-11-12-22)14-13-33-24-9-6-10-29(33)42-31-26(17-28(40)23(30(31)33)16-27(24)39)38-32(41)25(34(35,36)37)15-21-7-4-3-5-8-21/h3-5,7-8,15,17,20,22,24,27,29H,6,9-14,16,18-19H2,1-2H3,(H-,38,40,41)/p+1/t24-,27+,29-,33+,39?/m0/s1. The number of aromatic hydroxyl groups is 1. The zero-order valence-electron chi connectivity index (χ0n) is 24.3. The number of piperidine rings is 1. The molecular formula is C34H40F3N2O3+. The quantitative estimate of drug-likeness (QED) is 0.274. The number of phenols is 1. The first-order valence-electron chi connectivity index (χ1n) is 15.6. The van der Waals surface area contributed by atoms with Gasteiger partial charge < -0.3 is 19.6 Å². The summed E-state index contributed by atoms with van der Waals surface area (Å²) < 4.78 is 50.0. The molecule has 0 radical (unpaired) electrons. The Balaban J connectivity index is 1.30. The van der Waals surface area contributed by atoms with Crippen molar-refractivity contribution in [3.05, 3.63) is 58.7 Å². The van der Waals surface area contributed by atoms with Gasteiger partial charge in [-0.1, -0.05) is 44.2 Å². The molecule has 3 fully saturated rings. The topological polar surface area (TPSA) is 58.6 Å². The molecule has 5 atom stereocenters. The minimum atomic E-state index is -4.86. The highest BCUT2D eigenvalue weighted by Gasteiger charge is 2.68. The molecule has 2 bridgehead atoms. The van der Waals surface area contributed by atoms with Crippen molar-refractivity contribution < 1.29 is 32.3 Å². The molecule has 2 aliphatic heterocycles. The first-order valence-corrected chi connectivity index (χ1v) is 15.6. The van der Waals surface area contributed by atoms with Crippen LogP contribution in [0.25, 0.3) is 6.08 Å². The fourth-order valence-electron chi connectivity index (χ4n) is 9.29. The molecule has 1 amide bonds. The Bertz CT molecular complexity index is 1430. The van der Waals surface area contributed by atoms with Gasteiger partial charge in [0.15, 0.2) is 0 Å². The molecule has 2 N–H and O–H groups in total. The van der Waals surface area contributed by atoms with Gasteiger partial charge in [-0.05, 0) is 43.7 Å². The lowest BCUT2D eigenvalue weighted by Gasteiger charge is -2.62. The third-order valence-electron chi connectivity index (χ3n) is 10.8. The SMILES string of the molecule is CC(C)C[N+]1(CC2CC2)CC[C@]23c4c5c(O)cc(NC(=O)C(=Cc6ccccc6)C(F)(F)F)c4O[C@H]2CCC[C@H]3[C@H]1C5. The largest absolute Gasteiger partial charge is 0.508 e. The van der Waals surface area contributed by atoms with Crippen LogP contribution in [0.1, 0.15) is 69.1 Å². The van der Waals surface area contributed by atoms with Gasteiger partial charge in [-0.3, -0.25) is 4.79 Å². The van der Waals surface area contributed by atoms with Gasteiger partial charge >= 0.3 is 6.18 Å². The third-order valence-corrected chi connectivity index (χ3v) is 10.8. The van der Waals surface area contributed by atoms with Crippen molar-refractivity contribution in [1.29, 1.82) is 0 Å². The van der Waals surface area contributed by atoms with Gasteiger partial charge in [-0.15, -0.1) is 0 Å². The van der Waals surface area contributed by atoms with Gasteiger partial charge in [0.25, 0.3) is 5.91 Å². The summed E-state index contributed by atoms with van der Waals surface area (Å²) >= 11 is 0. The molecular weight excluding hydrogens is 541 g/mol. The Morgan fingerprint density at radius 2 is 1.95 bits per heavy atom. The number of ether oxygens (including phenoxy) is 1. The zero-order valence-corrected chi connectivity index (χ0v) is 24.3. The van der Waals surface area contributed by atoms with E-state index in [2.05, 4.69) is 19.2 Å². The van der Waals surface area contributed by atoms with Crippen LogP contribution in [0.4, 0.5) is 18.9 Å². The maximum Gasteiger partial charge on any atom is 0.421 e. The molecule has 42 heavy (non-hydrogen) atoms. The first-order chi connectivity index (χ1) is 20.0. The minimum Gasteiger partial charge on any atom is -0.508 e. The van der Waals surface area contributed by atoms with Crippen LogP contribution in [0.3, 0.4) is 0 Å². The number of hydrogen-bond donors (Lipinski definition) is 2. The molecule has 2 heterocycles. The maximum absolute atomic E-state index is 14.1. The Kier molecular flexibility index (Phi) is 6.46. The predicted molar refractivity (Wildman–Crippen MR) is 155 cm³/mol. The number of quaternary nitrogens is 1. The maximum atomic E-state index is 14.1. The van der Waals surface area contributed by atoms with Crippen LogP contribution in [-0.2, 0) is 16.6 Å². The van der Waals surface area contributed by atoms with Gasteiger partial charge in [-0.25, -0.2) is 0 Å². The molecule has 7 rings (SSSR count). The average molecular weight is 582 g/mol. The van der Waals surface area contributed by atoms with E-state index < -0.39 is 17.7 Å². The van der Waals surface area contributed by atoms with E-state index in [1.165, 1.54) is 37.6 Å². The van der Waals surface area contributed by atoms with E-state index >= 15 is 0 Å². The van der Waals surface area contributed by atoms with E-state index in [-0.39, 0.29) is 28.5 Å². The highest BCUT2D eigenvalue weighted by atomic mass is 19.4. The van der Waals surface area contributed by atoms with Crippen molar-refractivity contribution in [3.8, 4) is 11.5 Å². The van der Waals surface area contributed by atoms with Crippen molar-refractivity contribution in [1.82, 2.24) is 0 Å². The summed E-state index contributed by atoms with van der Waals surface area (Å²) in [5, 5.41) is 14.0. The van der Waals surface area contributed by atoms with Gasteiger partial charge in [0.2, 0.25) is 0 Å². The van der Waals surface area contributed by atoms with E-state index in [0.717, 1.165) is 72.8 Å². The number of alkyl halides is 3. The van der Waals surface area contributed by atoms with Crippen molar-refractivity contribution in [2.75, 3.05) is 25.0 Å². The summed E-state index contributed by atoms with van der Waals surface area (Å²) in [6.45, 7) is 8.01. The van der Waals surface area contributed by atoms with Crippen LogP contribution >= 0.6 is 0 Å². The number of hydrogen-bond acceptors (Lipinski definition) is 3. The number of nitrogens with zero attached hydrogens (tertiary/aromatic N) is 1. The zero-order chi connectivity index (χ0) is 29.4. The van der Waals surface area contributed by atoms with Crippen molar-refractivity contribution in [2.45, 2.75) is 82.5 Å². The monoisotopic (exact) mass is 581 g/mol. The van der Waals surface area contributed by atoms with E-state index in [9.17, 15) is 23.1 Å². The van der Waals surface area contributed by atoms with Gasteiger partial charge in [-0.2, -0.15) is 13.2 Å². The summed E-state index contributed by atoms with van der Waals surface area (Å²) in [6.07, 6.45) is 3.23. The van der Waals surface area contributed by atoms with Crippen LogP contribution < -0.4 is 10.1 Å². The molecule has 2 aromatic carbocycles. The third kappa shape index (κ3) is 4.35. The number of benzene rings is 2. The van der Waals surface area contributed by atoms with Crippen LogP contribution in [-0.4, -0.2) is 53.5 Å². The van der Waals surface area contributed by atoms with E-state index in [1.807, 2.05) is 0 Å². The summed E-state index contributed by atoms with van der Waals surface area (Å²) in [7, 11) is 0. The Hall–Kier alpha value is -3.00. The second kappa shape index (κ2) is 9.76. The molecule has 1 unspecified atom stereocenters. The normalized spacial score (nSPS) is 31.5. The average Bonchev–Trinajstić information content (AvgIpc) is 3.68. The minimum absolute atomic E-state index is 0.0539. The number of carbonyl (C=O) groups excluding carboxylic acids is 1. The number of halogens is 3. The number of nitrogens with one attached hydrogen (secondary N) is 1. The number of anilines is 1. The van der Waals surface area contributed by atoms with Crippen LogP contribution in [0.15, 0.2) is 42.0 Å². The Morgan fingerprint density at radius 1 is 1.19 bits per heavy atom. The van der Waals surface area contributed by atoms with Crippen LogP contribution in [0, 0.1) is 17.8 Å². The highest BCUT2D eigenvalue weighted by Crippen LogP contribution is 2.66. The van der Waals surface area contributed by atoms with Crippen molar-refractivity contribution in [3.63, 3.8) is 0 Å². The molecule has 3 aliphatic carbocycles. The lowest BCUT2D eigenvalue weighted by Crippen LogP contribution is -2.72. The first kappa shape index (κ1) is 27.8. The molecule has 5 nitrogen and oxygen atoms in total. The number of amides is 1. The fraction of sp³-hybridized carbons (Fsp3) is 0.559. The van der Waals surface area contributed by atoms with Gasteiger partial charge in [0, 0.05) is 47.8 Å². The van der Waals surface area contributed by atoms with Gasteiger partial charge in [0.05, 0.1) is 36.8 Å². The van der Waals surface area contributed by atoms with E-state index in [0.29, 0.717) is 23.6 Å². The predicted octanol–water partition coefficient (Wildman–Crippen LogP) is 6.99. The lowest BCUT2D eigenvalue weighted by atomic mass is 9.51. The second-order valence-corrected chi connectivity index (χ2v) is 13.9. The molecule has 224 valence electrons. The number of rotatable bonds is 7. The molecule has 8 heteroatoms. The second-order valence-electron chi connectivity index (χ2n) is 13.9. The van der Waals surface area contributed by atoms with Crippen molar-refractivity contribution >= 4 is 17.7 Å². The molecule has 5 aliphatic rings. The summed E-state index contributed by atoms with van der Waals surface area (Å²) in [6, 6.07) is 9.82. The molecule has 1 spiro atoms. The fourth-order valence-corrected chi connectivity index (χ4v) is 9.29. The van der Waals surface area contributed by atoms with E-state index in [1.54, 1.807) is 18.2 Å². The Morgan fingerprint density at radius 3 is 2.64 bits per heavy atom. The summed E-state index contributed by atoms with van der Waals surface area (Å²) in [5.74, 6) is 1.00. The smallest absolute Gasteiger partial charge is 0.421 e. The molecule has 2 aromatic rings. The lowest BCUT2D eigenvalue weighted by molar-refractivity contribution is -0.966. The Labute approximate surface area is 245 Å². The number of likely N-dealkylation sites (tertiary alicyclic amines) is 1. The summed E-state index contributed by atoms with van der Waals surface area (Å²) in [4.78, 5) is 13.2. The molecule has 0 aromatic heterocycles. The number of phenolic OH excluding ortho intramolecular Hbond substituents is 1. The van der Waals surface area contributed by atoms with Gasteiger partial charge in [0.1, 0.15) is 23.2 Å². The highest BCUT2D eigenvalue weighted by molar-refractivity contribution is 6.08. The summed E-state index contributed by atoms with van der Waals surface area (Å²) in [5.41, 5.74) is 0.692.